The zero-order chi connectivity index (χ0) is 30.5. The summed E-state index contributed by atoms with van der Waals surface area (Å²) < 4.78 is 44.0. The summed E-state index contributed by atoms with van der Waals surface area (Å²) in [6.07, 6.45) is 0. The average molecular weight is 601 g/mol. The van der Waals surface area contributed by atoms with Crippen LogP contribution in [0, 0.1) is 0 Å². The first-order chi connectivity index (χ1) is 21.3. The fourth-order valence-corrected chi connectivity index (χ4v) is 5.68. The van der Waals surface area contributed by atoms with Crippen molar-refractivity contribution in [1.82, 2.24) is 0 Å². The van der Waals surface area contributed by atoms with Gasteiger partial charge in [0, 0.05) is 11.4 Å². The van der Waals surface area contributed by atoms with Crippen molar-refractivity contribution < 1.29 is 22.6 Å². The van der Waals surface area contributed by atoms with E-state index in [0.717, 1.165) is 16.9 Å². The molecule has 8 heteroatoms. The molecule has 0 bridgehead atoms. The first-order valence-electron chi connectivity index (χ1n) is 13.7. The van der Waals surface area contributed by atoms with Crippen molar-refractivity contribution in [3.05, 3.63) is 146 Å². The first-order valence-corrected chi connectivity index (χ1v) is 15.2. The van der Waals surface area contributed by atoms with E-state index in [2.05, 4.69) is 0 Å². The lowest BCUT2D eigenvalue weighted by atomic mass is 10.1. The Bertz CT molecular complexity index is 1960. The molecule has 0 aliphatic rings. The van der Waals surface area contributed by atoms with Crippen LogP contribution in [0.4, 0.5) is 11.4 Å². The van der Waals surface area contributed by atoms with Gasteiger partial charge in [0.2, 0.25) is 9.84 Å². The molecule has 0 aromatic heterocycles. The van der Waals surface area contributed by atoms with Crippen molar-refractivity contribution in [2.24, 2.45) is 0 Å². The predicted octanol–water partition coefficient (Wildman–Crippen LogP) is 8.73. The summed E-state index contributed by atoms with van der Waals surface area (Å²) in [6.45, 7) is 0. The average Bonchev–Trinajstić information content (AvgIpc) is 3.05. The van der Waals surface area contributed by atoms with Gasteiger partial charge in [0.15, 0.2) is 0 Å². The van der Waals surface area contributed by atoms with Gasteiger partial charge < -0.3 is 25.7 Å². The molecule has 0 aliphatic carbocycles. The van der Waals surface area contributed by atoms with Crippen LogP contribution >= 0.6 is 0 Å². The third kappa shape index (κ3) is 6.67. The Morgan fingerprint density at radius 2 is 0.568 bits per heavy atom. The molecule has 44 heavy (non-hydrogen) atoms. The highest BCUT2D eigenvalue weighted by Gasteiger charge is 2.18. The number of rotatable bonds is 9. The van der Waals surface area contributed by atoms with E-state index in [1.807, 2.05) is 60.7 Å². The highest BCUT2D eigenvalue weighted by atomic mass is 32.2. The van der Waals surface area contributed by atoms with Crippen LogP contribution in [0.3, 0.4) is 0 Å². The van der Waals surface area contributed by atoms with Crippen LogP contribution in [0.15, 0.2) is 155 Å². The number of hydrogen-bond acceptors (Lipinski definition) is 7. The Labute approximate surface area is 255 Å². The molecule has 6 rings (SSSR count). The maximum Gasteiger partial charge on any atom is 0.206 e. The van der Waals surface area contributed by atoms with Crippen molar-refractivity contribution in [2.75, 3.05) is 11.5 Å². The second-order valence-electron chi connectivity index (χ2n) is 9.94. The standard InChI is InChI=1S/C36H28N2O5S/c37-27-5-13-31(14-6-27)41-29-9-1-25(2-10-29)26-3-11-30(12-4-26)42-33-17-21-35(22-18-33)44(39,40)36-23-19-34(20-24-36)43-32-15-7-28(38)8-16-32/h1-24H,37-38H2. The van der Waals surface area contributed by atoms with Crippen LogP contribution in [0.1, 0.15) is 0 Å². The van der Waals surface area contributed by atoms with Crippen LogP contribution in [0.5, 0.6) is 34.5 Å². The normalized spacial score (nSPS) is 11.1. The Kier molecular flexibility index (Phi) is 7.90. The molecule has 218 valence electrons. The van der Waals surface area contributed by atoms with E-state index in [1.165, 1.54) is 24.3 Å². The van der Waals surface area contributed by atoms with Crippen LogP contribution in [-0.2, 0) is 9.84 Å². The summed E-state index contributed by atoms with van der Waals surface area (Å²) in [4.78, 5) is 0.326. The zero-order valence-corrected chi connectivity index (χ0v) is 24.3. The molecule has 0 aliphatic heterocycles. The Balaban J connectivity index is 1.07. The summed E-state index contributed by atoms with van der Waals surface area (Å²) in [7, 11) is -3.72. The quantitative estimate of drug-likeness (QED) is 0.160. The maximum atomic E-state index is 13.2. The van der Waals surface area contributed by atoms with E-state index < -0.39 is 9.84 Å². The number of hydrogen-bond donors (Lipinski definition) is 2. The molecule has 0 fully saturated rings. The van der Waals surface area contributed by atoms with Gasteiger partial charge in [-0.25, -0.2) is 8.42 Å². The van der Waals surface area contributed by atoms with E-state index in [0.29, 0.717) is 40.1 Å². The van der Waals surface area contributed by atoms with Crippen LogP contribution in [-0.4, -0.2) is 8.42 Å². The summed E-state index contributed by atoms with van der Waals surface area (Å²) in [6, 6.07) is 42.3. The Morgan fingerprint density at radius 1 is 0.341 bits per heavy atom. The minimum Gasteiger partial charge on any atom is -0.457 e. The molecule has 6 aromatic rings. The van der Waals surface area contributed by atoms with Gasteiger partial charge in [-0.05, 0) is 132 Å². The third-order valence-corrected chi connectivity index (χ3v) is 8.56. The van der Waals surface area contributed by atoms with Gasteiger partial charge in [-0.15, -0.1) is 0 Å². The molecule has 0 saturated carbocycles. The van der Waals surface area contributed by atoms with Crippen LogP contribution in [0.25, 0.3) is 11.1 Å². The highest BCUT2D eigenvalue weighted by molar-refractivity contribution is 7.91. The van der Waals surface area contributed by atoms with Crippen molar-refractivity contribution in [3.8, 4) is 45.6 Å². The van der Waals surface area contributed by atoms with Gasteiger partial charge in [-0.3, -0.25) is 0 Å². The molecular weight excluding hydrogens is 572 g/mol. The molecule has 0 atom stereocenters. The maximum absolute atomic E-state index is 13.2. The second-order valence-corrected chi connectivity index (χ2v) is 11.9. The topological polar surface area (TPSA) is 114 Å². The number of ether oxygens (including phenoxy) is 3. The van der Waals surface area contributed by atoms with E-state index in [4.69, 9.17) is 25.7 Å². The summed E-state index contributed by atoms with van der Waals surface area (Å²) in [5.74, 6) is 3.72. The van der Waals surface area contributed by atoms with Gasteiger partial charge in [-0.2, -0.15) is 0 Å². The van der Waals surface area contributed by atoms with Gasteiger partial charge in [-0.1, -0.05) is 24.3 Å². The predicted molar refractivity (Wildman–Crippen MR) is 172 cm³/mol. The van der Waals surface area contributed by atoms with Crippen molar-refractivity contribution >= 4 is 21.2 Å². The summed E-state index contributed by atoms with van der Waals surface area (Å²) in [5, 5.41) is 0. The second kappa shape index (κ2) is 12.2. The number of nitrogens with two attached hydrogens (primary N) is 2. The number of benzene rings is 6. The van der Waals surface area contributed by atoms with Crippen molar-refractivity contribution in [3.63, 3.8) is 0 Å². The third-order valence-electron chi connectivity index (χ3n) is 6.78. The monoisotopic (exact) mass is 600 g/mol. The molecule has 0 heterocycles. The first kappa shape index (κ1) is 28.4. The molecule has 7 nitrogen and oxygen atoms in total. The number of anilines is 2. The van der Waals surface area contributed by atoms with Crippen LogP contribution < -0.4 is 25.7 Å². The SMILES string of the molecule is Nc1ccc(Oc2ccc(-c3ccc(Oc4ccc(S(=O)(=O)c5ccc(Oc6ccc(N)cc6)cc5)cc4)cc3)cc2)cc1. The van der Waals surface area contributed by atoms with Crippen molar-refractivity contribution in [2.45, 2.75) is 9.79 Å². The van der Waals surface area contributed by atoms with Gasteiger partial charge in [0.25, 0.3) is 0 Å². The smallest absolute Gasteiger partial charge is 0.206 e. The lowest BCUT2D eigenvalue weighted by molar-refractivity contribution is 0.482. The number of sulfone groups is 1. The number of nitrogen functional groups attached to an aromatic ring is 2. The highest BCUT2D eigenvalue weighted by Crippen LogP contribution is 2.31. The van der Waals surface area contributed by atoms with Gasteiger partial charge in [0.1, 0.15) is 34.5 Å². The lowest BCUT2D eigenvalue weighted by Gasteiger charge is -2.10. The Hall–Kier alpha value is -5.73. The van der Waals surface area contributed by atoms with Crippen molar-refractivity contribution in [1.29, 1.82) is 0 Å². The molecule has 0 radical (unpaired) electrons. The largest absolute Gasteiger partial charge is 0.457 e. The fourth-order valence-electron chi connectivity index (χ4n) is 4.42. The van der Waals surface area contributed by atoms with E-state index in [9.17, 15) is 8.42 Å². The molecule has 0 unspecified atom stereocenters. The minimum absolute atomic E-state index is 0.163. The summed E-state index contributed by atoms with van der Waals surface area (Å²) in [5.41, 5.74) is 14.8. The van der Waals surface area contributed by atoms with Crippen LogP contribution in [0.2, 0.25) is 0 Å². The molecule has 6 aromatic carbocycles. The molecule has 0 spiro atoms. The molecular formula is C36H28N2O5S. The zero-order valence-electron chi connectivity index (χ0n) is 23.5. The lowest BCUT2D eigenvalue weighted by Crippen LogP contribution is -2.01. The molecule has 0 amide bonds. The van der Waals surface area contributed by atoms with E-state index in [-0.39, 0.29) is 9.79 Å². The van der Waals surface area contributed by atoms with E-state index >= 15 is 0 Å². The van der Waals surface area contributed by atoms with Gasteiger partial charge in [0.05, 0.1) is 9.79 Å². The van der Waals surface area contributed by atoms with E-state index in [1.54, 1.807) is 60.7 Å². The fraction of sp³-hybridized carbons (Fsp3) is 0. The molecule has 4 N–H and O–H groups in total. The molecule has 0 saturated heterocycles. The minimum atomic E-state index is -3.72. The summed E-state index contributed by atoms with van der Waals surface area (Å²) >= 11 is 0. The van der Waals surface area contributed by atoms with Gasteiger partial charge >= 0.3 is 0 Å². The Morgan fingerprint density at radius 3 is 0.841 bits per heavy atom.